The lowest BCUT2D eigenvalue weighted by Gasteiger charge is -2.12. The van der Waals surface area contributed by atoms with Crippen LogP contribution in [-0.4, -0.2) is 38.9 Å². The van der Waals surface area contributed by atoms with Crippen molar-refractivity contribution in [3.63, 3.8) is 0 Å². The van der Waals surface area contributed by atoms with Gasteiger partial charge in [-0.3, -0.25) is 0 Å². The first kappa shape index (κ1) is 36.7. The van der Waals surface area contributed by atoms with Gasteiger partial charge in [0.1, 0.15) is 11.5 Å². The Morgan fingerprint density at radius 3 is 1.89 bits per heavy atom. The van der Waals surface area contributed by atoms with Crippen LogP contribution < -0.4 is 14.2 Å². The number of unbranched alkanes of at least 4 members (excludes halogenated alkanes) is 7. The van der Waals surface area contributed by atoms with Gasteiger partial charge in [0, 0.05) is 6.08 Å². The highest BCUT2D eigenvalue weighted by atomic mass is 16.5. The molecule has 7 nitrogen and oxygen atoms in total. The first-order chi connectivity index (χ1) is 22.9. The van der Waals surface area contributed by atoms with Gasteiger partial charge in [-0.15, -0.1) is 0 Å². The molecule has 0 amide bonds. The van der Waals surface area contributed by atoms with Gasteiger partial charge in [-0.1, -0.05) is 75.4 Å². The summed E-state index contributed by atoms with van der Waals surface area (Å²) in [6.45, 7) is 12.4. The van der Waals surface area contributed by atoms with Crippen LogP contribution in [0.15, 0.2) is 104 Å². The summed E-state index contributed by atoms with van der Waals surface area (Å²) in [7, 11) is 1.54. The van der Waals surface area contributed by atoms with Gasteiger partial charge >= 0.3 is 11.9 Å². The molecule has 0 aliphatic carbocycles. The van der Waals surface area contributed by atoms with Crippen molar-refractivity contribution in [3.05, 3.63) is 116 Å². The van der Waals surface area contributed by atoms with E-state index in [2.05, 4.69) is 44.0 Å². The number of aryl methyl sites for hydroxylation is 1. The van der Waals surface area contributed by atoms with E-state index in [-0.39, 0.29) is 0 Å². The van der Waals surface area contributed by atoms with Gasteiger partial charge in [0.05, 0.1) is 32.5 Å². The summed E-state index contributed by atoms with van der Waals surface area (Å²) >= 11 is 0. The minimum atomic E-state index is -0.476. The number of hydrogen-bond donors (Lipinski definition) is 0. The highest BCUT2D eigenvalue weighted by Gasteiger charge is 2.14. The third-order valence-corrected chi connectivity index (χ3v) is 7.58. The van der Waals surface area contributed by atoms with E-state index < -0.39 is 11.9 Å². The smallest absolute Gasteiger partial charge is 0.343 e. The van der Waals surface area contributed by atoms with Crippen molar-refractivity contribution >= 4 is 11.9 Å². The Morgan fingerprint density at radius 1 is 0.660 bits per heavy atom. The molecule has 0 aliphatic rings. The summed E-state index contributed by atoms with van der Waals surface area (Å²) in [6.07, 6.45) is 13.1. The van der Waals surface area contributed by atoms with Gasteiger partial charge in [-0.25, -0.2) is 9.59 Å². The number of methoxy groups -OCH3 is 1. The second-order valence-electron chi connectivity index (χ2n) is 11.1. The molecule has 7 heteroatoms. The molecule has 3 aromatic rings. The molecule has 0 spiro atoms. The van der Waals surface area contributed by atoms with E-state index in [1.165, 1.54) is 31.9 Å². The zero-order valence-electron chi connectivity index (χ0n) is 27.7. The van der Waals surface area contributed by atoms with Crippen molar-refractivity contribution in [2.45, 2.75) is 64.2 Å². The van der Waals surface area contributed by atoms with E-state index in [0.29, 0.717) is 48.4 Å². The second kappa shape index (κ2) is 21.1. The lowest BCUT2D eigenvalue weighted by molar-refractivity contribution is -0.137. The molecule has 0 aliphatic heterocycles. The van der Waals surface area contributed by atoms with Crippen molar-refractivity contribution in [2.24, 2.45) is 0 Å². The molecule has 250 valence electrons. The standard InChI is InChI=1S/C40H48O7/c1-5-31(3)44-27-13-9-7-8-12-16-32-17-19-33(20-18-32)34-21-24-36(25-22-34)47-40(42)35-23-26-37(38(30-35)43-4)45-28-14-10-11-15-29-46-39(41)6-2/h5-6,17-26,30H,1-3,7-16,27-29H2,4H3. The predicted octanol–water partition coefficient (Wildman–Crippen LogP) is 9.46. The van der Waals surface area contributed by atoms with Crippen LogP contribution in [-0.2, 0) is 20.7 Å². The zero-order valence-corrected chi connectivity index (χ0v) is 27.7. The summed E-state index contributed by atoms with van der Waals surface area (Å²) in [6, 6.07) is 21.2. The molecule has 47 heavy (non-hydrogen) atoms. The van der Waals surface area contributed by atoms with Crippen LogP contribution in [0.2, 0.25) is 0 Å². The third-order valence-electron chi connectivity index (χ3n) is 7.58. The fourth-order valence-electron chi connectivity index (χ4n) is 4.85. The maximum absolute atomic E-state index is 12.9. The van der Waals surface area contributed by atoms with Crippen molar-refractivity contribution < 1.29 is 33.3 Å². The van der Waals surface area contributed by atoms with Crippen molar-refractivity contribution in [3.8, 4) is 28.4 Å². The molecular formula is C40H48O7. The van der Waals surface area contributed by atoms with E-state index in [1.807, 2.05) is 12.1 Å². The average molecular weight is 641 g/mol. The van der Waals surface area contributed by atoms with Crippen molar-refractivity contribution in [1.29, 1.82) is 0 Å². The maximum atomic E-state index is 12.9. The summed E-state index contributed by atoms with van der Waals surface area (Å²) < 4.78 is 27.4. The van der Waals surface area contributed by atoms with Gasteiger partial charge in [0.15, 0.2) is 11.5 Å². The molecule has 0 heterocycles. The van der Waals surface area contributed by atoms with E-state index in [9.17, 15) is 9.59 Å². The second-order valence-corrected chi connectivity index (χ2v) is 11.1. The summed E-state index contributed by atoms with van der Waals surface area (Å²) in [5.74, 6) is 1.26. The summed E-state index contributed by atoms with van der Waals surface area (Å²) in [5, 5.41) is 0. The lowest BCUT2D eigenvalue weighted by Crippen LogP contribution is -2.09. The van der Waals surface area contributed by atoms with Crippen LogP contribution in [0.5, 0.6) is 17.2 Å². The minimum absolute atomic E-state index is 0.367. The SMILES string of the molecule is C=CC(=C)OCCCCCCCc1ccc(-c2ccc(OC(=O)c3ccc(OCCCCCCOC(=O)C=C)c(OC)c3)cc2)cc1. The number of benzene rings is 3. The van der Waals surface area contributed by atoms with Gasteiger partial charge in [-0.05, 0) is 98.0 Å². The molecule has 0 unspecified atom stereocenters. The Morgan fingerprint density at radius 2 is 1.26 bits per heavy atom. The molecule has 0 N–H and O–H groups in total. The number of carbonyl (C=O) groups excluding carboxylic acids is 2. The minimum Gasteiger partial charge on any atom is -0.494 e. The molecule has 0 fully saturated rings. The van der Waals surface area contributed by atoms with Crippen LogP contribution in [0.3, 0.4) is 0 Å². The Balaban J connectivity index is 1.39. The van der Waals surface area contributed by atoms with Gasteiger partial charge in [-0.2, -0.15) is 0 Å². The van der Waals surface area contributed by atoms with Crippen LogP contribution in [0.1, 0.15) is 73.7 Å². The summed E-state index contributed by atoms with van der Waals surface area (Å²) in [4.78, 5) is 23.9. The van der Waals surface area contributed by atoms with E-state index in [1.54, 1.807) is 36.4 Å². The van der Waals surface area contributed by atoms with Crippen LogP contribution >= 0.6 is 0 Å². The van der Waals surface area contributed by atoms with Crippen LogP contribution in [0.4, 0.5) is 0 Å². The highest BCUT2D eigenvalue weighted by Crippen LogP contribution is 2.29. The Bertz CT molecular complexity index is 1420. The fraction of sp³-hybridized carbons (Fsp3) is 0.350. The van der Waals surface area contributed by atoms with Gasteiger partial charge < -0.3 is 23.7 Å². The molecule has 0 bridgehead atoms. The Kier molecular flexibility index (Phi) is 16.5. The van der Waals surface area contributed by atoms with E-state index in [0.717, 1.165) is 62.1 Å². The molecule has 0 saturated heterocycles. The highest BCUT2D eigenvalue weighted by molar-refractivity contribution is 5.92. The third kappa shape index (κ3) is 13.6. The fourth-order valence-corrected chi connectivity index (χ4v) is 4.85. The number of allylic oxidation sites excluding steroid dienone is 1. The predicted molar refractivity (Wildman–Crippen MR) is 187 cm³/mol. The molecule has 0 aromatic heterocycles. The van der Waals surface area contributed by atoms with Crippen molar-refractivity contribution in [1.82, 2.24) is 0 Å². The Labute approximate surface area is 279 Å². The zero-order chi connectivity index (χ0) is 33.7. The van der Waals surface area contributed by atoms with E-state index >= 15 is 0 Å². The summed E-state index contributed by atoms with van der Waals surface area (Å²) in [5.41, 5.74) is 3.86. The molecule has 3 rings (SSSR count). The van der Waals surface area contributed by atoms with Crippen LogP contribution in [0.25, 0.3) is 11.1 Å². The molecule has 0 saturated carbocycles. The Hall–Kier alpha value is -4.78. The monoisotopic (exact) mass is 640 g/mol. The van der Waals surface area contributed by atoms with Crippen LogP contribution in [0, 0.1) is 0 Å². The molecule has 0 atom stereocenters. The van der Waals surface area contributed by atoms with E-state index in [4.69, 9.17) is 23.7 Å². The average Bonchev–Trinajstić information content (AvgIpc) is 3.10. The normalized spacial score (nSPS) is 10.5. The molecular weight excluding hydrogens is 592 g/mol. The van der Waals surface area contributed by atoms with Gasteiger partial charge in [0.25, 0.3) is 0 Å². The first-order valence-corrected chi connectivity index (χ1v) is 16.4. The quantitative estimate of drug-likeness (QED) is 0.0255. The first-order valence-electron chi connectivity index (χ1n) is 16.4. The number of rotatable bonds is 23. The van der Waals surface area contributed by atoms with Gasteiger partial charge in [0.2, 0.25) is 0 Å². The molecule has 3 aromatic carbocycles. The maximum Gasteiger partial charge on any atom is 0.343 e. The topological polar surface area (TPSA) is 80.3 Å². The number of ether oxygens (including phenoxy) is 5. The molecule has 0 radical (unpaired) electrons. The number of hydrogen-bond acceptors (Lipinski definition) is 7. The number of carbonyl (C=O) groups is 2. The lowest BCUT2D eigenvalue weighted by atomic mass is 10.0. The van der Waals surface area contributed by atoms with Crippen molar-refractivity contribution in [2.75, 3.05) is 26.9 Å². The number of esters is 2. The largest absolute Gasteiger partial charge is 0.494 e.